The molecule has 0 heterocycles. The lowest BCUT2D eigenvalue weighted by atomic mass is 10.1. The van der Waals surface area contributed by atoms with Crippen LogP contribution in [-0.4, -0.2) is 63.0 Å². The van der Waals surface area contributed by atoms with E-state index in [0.717, 1.165) is 46.1 Å². The Bertz CT molecular complexity index is 191. The molecule has 4 heteroatoms. The average Bonchev–Trinajstić information content (AvgIpc) is 2.42. The Morgan fingerprint density at radius 3 is 1.90 bits per heavy atom. The van der Waals surface area contributed by atoms with Gasteiger partial charge in [-0.1, -0.05) is 27.2 Å². The van der Waals surface area contributed by atoms with E-state index < -0.39 is 0 Å². The summed E-state index contributed by atoms with van der Waals surface area (Å²) in [5.74, 6) is 0. The van der Waals surface area contributed by atoms with E-state index in [-0.39, 0.29) is 0 Å². The van der Waals surface area contributed by atoms with E-state index in [4.69, 9.17) is 9.47 Å². The van der Waals surface area contributed by atoms with E-state index in [0.29, 0.717) is 12.1 Å². The van der Waals surface area contributed by atoms with Crippen LogP contribution < -0.4 is 5.32 Å². The summed E-state index contributed by atoms with van der Waals surface area (Å²) in [4.78, 5) is 2.52. The maximum absolute atomic E-state index is 5.52. The van der Waals surface area contributed by atoms with E-state index in [2.05, 4.69) is 31.0 Å². The molecule has 0 aliphatic carbocycles. The maximum atomic E-state index is 5.52. The Hall–Kier alpha value is -0.160. The fraction of sp³-hybridized carbons (Fsp3) is 1.00. The third-order valence-electron chi connectivity index (χ3n) is 3.35. The van der Waals surface area contributed by atoms with Gasteiger partial charge in [-0.25, -0.2) is 0 Å². The largest absolute Gasteiger partial charge is 0.380 e. The van der Waals surface area contributed by atoms with Crippen LogP contribution in [0.4, 0.5) is 0 Å². The monoisotopic (exact) mass is 288 g/mol. The van der Waals surface area contributed by atoms with Gasteiger partial charge >= 0.3 is 0 Å². The van der Waals surface area contributed by atoms with Crippen LogP contribution in [0.5, 0.6) is 0 Å². The first kappa shape index (κ1) is 19.8. The lowest BCUT2D eigenvalue weighted by Gasteiger charge is -2.32. The Morgan fingerprint density at radius 1 is 0.950 bits per heavy atom. The van der Waals surface area contributed by atoms with Gasteiger partial charge in [0.1, 0.15) is 0 Å². The predicted molar refractivity (Wildman–Crippen MR) is 86.4 cm³/mol. The molecule has 0 bridgehead atoms. The van der Waals surface area contributed by atoms with Gasteiger partial charge in [-0.15, -0.1) is 0 Å². The molecule has 0 spiro atoms. The third-order valence-corrected chi connectivity index (χ3v) is 3.35. The molecule has 0 rings (SSSR count). The van der Waals surface area contributed by atoms with Gasteiger partial charge in [-0.05, 0) is 20.3 Å². The zero-order valence-corrected chi connectivity index (χ0v) is 14.3. The molecule has 0 aromatic carbocycles. The molecule has 1 N–H and O–H groups in total. The van der Waals surface area contributed by atoms with Crippen molar-refractivity contribution in [1.82, 2.24) is 10.2 Å². The number of nitrogens with zero attached hydrogens (tertiary/aromatic N) is 1. The van der Waals surface area contributed by atoms with Gasteiger partial charge in [-0.2, -0.15) is 0 Å². The minimum Gasteiger partial charge on any atom is -0.380 e. The molecule has 0 aromatic heterocycles. The Balaban J connectivity index is 4.35. The normalized spacial score (nSPS) is 13.3. The van der Waals surface area contributed by atoms with E-state index in [1.807, 2.05) is 13.8 Å². The summed E-state index contributed by atoms with van der Waals surface area (Å²) >= 11 is 0. The van der Waals surface area contributed by atoms with Crippen LogP contribution >= 0.6 is 0 Å². The zero-order chi connectivity index (χ0) is 15.2. The number of rotatable bonds is 14. The molecular weight excluding hydrogens is 252 g/mol. The molecule has 0 saturated heterocycles. The second-order valence-electron chi connectivity index (χ2n) is 5.44. The van der Waals surface area contributed by atoms with E-state index in [1.54, 1.807) is 0 Å². The van der Waals surface area contributed by atoms with Gasteiger partial charge in [0.15, 0.2) is 0 Å². The molecule has 0 aliphatic rings. The van der Waals surface area contributed by atoms with Crippen molar-refractivity contribution in [2.75, 3.05) is 46.1 Å². The van der Waals surface area contributed by atoms with Crippen molar-refractivity contribution in [3.63, 3.8) is 0 Å². The van der Waals surface area contributed by atoms with Gasteiger partial charge in [0, 0.05) is 44.9 Å². The maximum Gasteiger partial charge on any atom is 0.0593 e. The highest BCUT2D eigenvalue weighted by Crippen LogP contribution is 2.07. The van der Waals surface area contributed by atoms with Crippen LogP contribution in [0.2, 0.25) is 0 Å². The highest BCUT2D eigenvalue weighted by atomic mass is 16.5. The van der Waals surface area contributed by atoms with Crippen LogP contribution in [0.3, 0.4) is 0 Å². The molecule has 0 fully saturated rings. The topological polar surface area (TPSA) is 33.7 Å². The summed E-state index contributed by atoms with van der Waals surface area (Å²) in [6, 6.07) is 1.11. The quantitative estimate of drug-likeness (QED) is 0.498. The van der Waals surface area contributed by atoms with Crippen LogP contribution in [-0.2, 0) is 9.47 Å². The number of hydrogen-bond acceptors (Lipinski definition) is 4. The van der Waals surface area contributed by atoms with Crippen molar-refractivity contribution in [3.05, 3.63) is 0 Å². The number of hydrogen-bond donors (Lipinski definition) is 1. The fourth-order valence-electron chi connectivity index (χ4n) is 2.25. The first-order valence-electron chi connectivity index (χ1n) is 8.28. The first-order valence-corrected chi connectivity index (χ1v) is 8.28. The molecular formula is C16H36N2O2. The van der Waals surface area contributed by atoms with Gasteiger partial charge in [0.25, 0.3) is 0 Å². The van der Waals surface area contributed by atoms with E-state index in [1.165, 1.54) is 12.8 Å². The minimum atomic E-state index is 0.537. The molecule has 0 amide bonds. The molecule has 122 valence electrons. The molecule has 4 nitrogen and oxygen atoms in total. The minimum absolute atomic E-state index is 0.537. The van der Waals surface area contributed by atoms with Gasteiger partial charge in [-0.3, -0.25) is 4.90 Å². The van der Waals surface area contributed by atoms with Crippen molar-refractivity contribution in [2.45, 2.75) is 59.5 Å². The second kappa shape index (κ2) is 13.8. The Morgan fingerprint density at radius 2 is 1.50 bits per heavy atom. The summed E-state index contributed by atoms with van der Waals surface area (Å²) in [5, 5.41) is 3.57. The van der Waals surface area contributed by atoms with Crippen molar-refractivity contribution >= 4 is 0 Å². The summed E-state index contributed by atoms with van der Waals surface area (Å²) in [6.45, 7) is 17.0. The molecule has 1 atom stereocenters. The molecule has 0 radical (unpaired) electrons. The lowest BCUT2D eigenvalue weighted by molar-refractivity contribution is 0.0596. The van der Waals surface area contributed by atoms with Crippen molar-refractivity contribution in [3.8, 4) is 0 Å². The summed E-state index contributed by atoms with van der Waals surface area (Å²) < 4.78 is 11.0. The Kier molecular flexibility index (Phi) is 13.7. The van der Waals surface area contributed by atoms with Gasteiger partial charge < -0.3 is 14.8 Å². The summed E-state index contributed by atoms with van der Waals surface area (Å²) in [6.07, 6.45) is 2.43. The molecule has 0 aromatic rings. The van der Waals surface area contributed by atoms with Crippen molar-refractivity contribution in [2.24, 2.45) is 0 Å². The van der Waals surface area contributed by atoms with Crippen LogP contribution in [0, 0.1) is 0 Å². The predicted octanol–water partition coefficient (Wildman–Crippen LogP) is 2.53. The third kappa shape index (κ3) is 10.6. The zero-order valence-electron chi connectivity index (χ0n) is 14.3. The van der Waals surface area contributed by atoms with Gasteiger partial charge in [0.05, 0.1) is 13.2 Å². The molecule has 0 saturated carbocycles. The molecule has 1 unspecified atom stereocenters. The van der Waals surface area contributed by atoms with Crippen LogP contribution in [0.15, 0.2) is 0 Å². The molecule has 0 aliphatic heterocycles. The highest BCUT2D eigenvalue weighted by Gasteiger charge is 2.17. The standard InChI is InChI=1S/C16H36N2O2/c1-6-9-16(14-17-15(4)5)18(10-12-19-7-2)11-13-20-8-3/h15-17H,6-14H2,1-5H3. The smallest absolute Gasteiger partial charge is 0.0593 e. The van der Waals surface area contributed by atoms with Crippen molar-refractivity contribution in [1.29, 1.82) is 0 Å². The second-order valence-corrected chi connectivity index (χ2v) is 5.44. The lowest BCUT2D eigenvalue weighted by Crippen LogP contribution is -2.46. The van der Waals surface area contributed by atoms with Crippen molar-refractivity contribution < 1.29 is 9.47 Å². The molecule has 20 heavy (non-hydrogen) atoms. The summed E-state index contributed by atoms with van der Waals surface area (Å²) in [5.41, 5.74) is 0. The number of ether oxygens (including phenoxy) is 2. The fourth-order valence-corrected chi connectivity index (χ4v) is 2.25. The number of nitrogens with one attached hydrogen (secondary N) is 1. The first-order chi connectivity index (χ1) is 9.65. The van der Waals surface area contributed by atoms with Gasteiger partial charge in [0.2, 0.25) is 0 Å². The van der Waals surface area contributed by atoms with Crippen LogP contribution in [0.1, 0.15) is 47.5 Å². The Labute approximate surface area is 126 Å². The average molecular weight is 288 g/mol. The van der Waals surface area contributed by atoms with E-state index >= 15 is 0 Å². The van der Waals surface area contributed by atoms with E-state index in [9.17, 15) is 0 Å². The van der Waals surface area contributed by atoms with Crippen LogP contribution in [0.25, 0.3) is 0 Å². The highest BCUT2D eigenvalue weighted by molar-refractivity contribution is 4.75. The summed E-state index contributed by atoms with van der Waals surface area (Å²) in [7, 11) is 0. The SMILES string of the molecule is CCCC(CNC(C)C)N(CCOCC)CCOCC.